The van der Waals surface area contributed by atoms with Crippen molar-refractivity contribution >= 4 is 0 Å². The van der Waals surface area contributed by atoms with E-state index in [1.165, 1.54) is 24.8 Å². The van der Waals surface area contributed by atoms with Crippen LogP contribution in [0.2, 0.25) is 0 Å². The standard InChI is InChI=1S/C17H28N2O/c1-4-14-9-10-19(15(11-14)12-18)13(2)16-7-5-6-8-17(16)20-3/h5-8,13-15H,4,9-12,18H2,1-3H3. The average molecular weight is 276 g/mol. The molecule has 1 aliphatic heterocycles. The highest BCUT2D eigenvalue weighted by molar-refractivity contribution is 5.35. The van der Waals surface area contributed by atoms with Gasteiger partial charge < -0.3 is 10.5 Å². The minimum Gasteiger partial charge on any atom is -0.496 e. The number of para-hydroxylation sites is 1. The molecule has 2 N–H and O–H groups in total. The Labute approximate surface area is 123 Å². The fourth-order valence-electron chi connectivity index (χ4n) is 3.45. The quantitative estimate of drug-likeness (QED) is 0.897. The van der Waals surface area contributed by atoms with Gasteiger partial charge in [0.1, 0.15) is 5.75 Å². The van der Waals surface area contributed by atoms with E-state index in [1.807, 2.05) is 12.1 Å². The Balaban J connectivity index is 2.17. The van der Waals surface area contributed by atoms with Gasteiger partial charge >= 0.3 is 0 Å². The number of hydrogen-bond acceptors (Lipinski definition) is 3. The van der Waals surface area contributed by atoms with E-state index in [9.17, 15) is 0 Å². The topological polar surface area (TPSA) is 38.5 Å². The number of methoxy groups -OCH3 is 1. The maximum Gasteiger partial charge on any atom is 0.123 e. The number of benzene rings is 1. The van der Waals surface area contributed by atoms with Crippen LogP contribution >= 0.6 is 0 Å². The Hall–Kier alpha value is -1.06. The van der Waals surface area contributed by atoms with E-state index in [0.29, 0.717) is 12.1 Å². The van der Waals surface area contributed by atoms with Crippen molar-refractivity contribution in [2.24, 2.45) is 11.7 Å². The highest BCUT2D eigenvalue weighted by Gasteiger charge is 2.31. The van der Waals surface area contributed by atoms with Crippen LogP contribution in [0, 0.1) is 5.92 Å². The lowest BCUT2D eigenvalue weighted by Crippen LogP contribution is -2.47. The van der Waals surface area contributed by atoms with Gasteiger partial charge in [-0.15, -0.1) is 0 Å². The molecule has 3 atom stereocenters. The number of nitrogens with zero attached hydrogens (tertiary/aromatic N) is 1. The van der Waals surface area contributed by atoms with Gasteiger partial charge in [-0.3, -0.25) is 4.90 Å². The van der Waals surface area contributed by atoms with Gasteiger partial charge in [-0.05, 0) is 38.3 Å². The zero-order valence-electron chi connectivity index (χ0n) is 13.0. The number of piperidine rings is 1. The summed E-state index contributed by atoms with van der Waals surface area (Å²) in [6, 6.07) is 9.18. The summed E-state index contributed by atoms with van der Waals surface area (Å²) < 4.78 is 5.51. The molecule has 112 valence electrons. The Bertz CT molecular complexity index is 421. The van der Waals surface area contributed by atoms with Crippen LogP contribution in [-0.2, 0) is 0 Å². The second-order valence-electron chi connectivity index (χ2n) is 5.84. The van der Waals surface area contributed by atoms with Gasteiger partial charge in [0.25, 0.3) is 0 Å². The zero-order valence-corrected chi connectivity index (χ0v) is 13.0. The largest absolute Gasteiger partial charge is 0.496 e. The number of ether oxygens (including phenoxy) is 1. The van der Waals surface area contributed by atoms with Crippen molar-refractivity contribution in [1.29, 1.82) is 0 Å². The molecule has 0 amide bonds. The van der Waals surface area contributed by atoms with Gasteiger partial charge in [0.2, 0.25) is 0 Å². The van der Waals surface area contributed by atoms with E-state index in [4.69, 9.17) is 10.5 Å². The van der Waals surface area contributed by atoms with Crippen molar-refractivity contribution < 1.29 is 4.74 Å². The minimum absolute atomic E-state index is 0.359. The molecular formula is C17H28N2O. The van der Waals surface area contributed by atoms with Gasteiger partial charge in [0.05, 0.1) is 7.11 Å². The third kappa shape index (κ3) is 3.15. The molecule has 3 unspecified atom stereocenters. The second kappa shape index (κ2) is 7.09. The summed E-state index contributed by atoms with van der Waals surface area (Å²) in [5, 5.41) is 0. The first-order chi connectivity index (χ1) is 9.71. The first-order valence-corrected chi connectivity index (χ1v) is 7.79. The highest BCUT2D eigenvalue weighted by Crippen LogP contribution is 2.35. The van der Waals surface area contributed by atoms with Crippen molar-refractivity contribution in [2.75, 3.05) is 20.2 Å². The predicted octanol–water partition coefficient (Wildman–Crippen LogP) is 3.21. The van der Waals surface area contributed by atoms with Crippen LogP contribution in [-0.4, -0.2) is 31.1 Å². The molecule has 0 aliphatic carbocycles. The highest BCUT2D eigenvalue weighted by atomic mass is 16.5. The average Bonchev–Trinajstić information content (AvgIpc) is 2.53. The molecule has 1 heterocycles. The maximum atomic E-state index is 6.02. The molecule has 3 heteroatoms. The number of nitrogens with two attached hydrogens (primary N) is 1. The lowest BCUT2D eigenvalue weighted by atomic mass is 9.87. The Morgan fingerprint density at radius 2 is 2.15 bits per heavy atom. The van der Waals surface area contributed by atoms with Crippen molar-refractivity contribution in [3.05, 3.63) is 29.8 Å². The van der Waals surface area contributed by atoms with Crippen LogP contribution in [0.4, 0.5) is 0 Å². The molecule has 20 heavy (non-hydrogen) atoms. The van der Waals surface area contributed by atoms with E-state index >= 15 is 0 Å². The van der Waals surface area contributed by atoms with Gasteiger partial charge in [-0.1, -0.05) is 31.5 Å². The fraction of sp³-hybridized carbons (Fsp3) is 0.647. The van der Waals surface area contributed by atoms with Gasteiger partial charge in [0.15, 0.2) is 0 Å². The van der Waals surface area contributed by atoms with Gasteiger partial charge in [-0.25, -0.2) is 0 Å². The van der Waals surface area contributed by atoms with Crippen molar-refractivity contribution in [2.45, 2.75) is 45.2 Å². The summed E-state index contributed by atoms with van der Waals surface area (Å²) in [6.07, 6.45) is 3.78. The van der Waals surface area contributed by atoms with Crippen LogP contribution in [0.15, 0.2) is 24.3 Å². The van der Waals surface area contributed by atoms with Crippen LogP contribution in [0.25, 0.3) is 0 Å². The molecule has 2 rings (SSSR count). The maximum absolute atomic E-state index is 6.02. The van der Waals surface area contributed by atoms with E-state index in [2.05, 4.69) is 30.9 Å². The summed E-state index contributed by atoms with van der Waals surface area (Å²) in [7, 11) is 1.75. The molecular weight excluding hydrogens is 248 g/mol. The van der Waals surface area contributed by atoms with Gasteiger partial charge in [0, 0.05) is 24.2 Å². The Morgan fingerprint density at radius 3 is 2.80 bits per heavy atom. The monoisotopic (exact) mass is 276 g/mol. The zero-order chi connectivity index (χ0) is 14.5. The van der Waals surface area contributed by atoms with Crippen molar-refractivity contribution in [1.82, 2.24) is 4.90 Å². The summed E-state index contributed by atoms with van der Waals surface area (Å²) in [4.78, 5) is 2.56. The molecule has 1 aromatic rings. The Kier molecular flexibility index (Phi) is 5.44. The van der Waals surface area contributed by atoms with Crippen molar-refractivity contribution in [3.63, 3.8) is 0 Å². The molecule has 1 saturated heterocycles. The molecule has 0 saturated carbocycles. The molecule has 0 bridgehead atoms. The third-order valence-electron chi connectivity index (χ3n) is 4.81. The molecule has 0 spiro atoms. The Morgan fingerprint density at radius 1 is 1.40 bits per heavy atom. The van der Waals surface area contributed by atoms with E-state index in [1.54, 1.807) is 7.11 Å². The van der Waals surface area contributed by atoms with Crippen LogP contribution in [0.1, 0.15) is 44.7 Å². The van der Waals surface area contributed by atoms with Gasteiger partial charge in [-0.2, -0.15) is 0 Å². The third-order valence-corrected chi connectivity index (χ3v) is 4.81. The fourth-order valence-corrected chi connectivity index (χ4v) is 3.45. The second-order valence-corrected chi connectivity index (χ2v) is 5.84. The first-order valence-electron chi connectivity index (χ1n) is 7.79. The number of hydrogen-bond donors (Lipinski definition) is 1. The van der Waals surface area contributed by atoms with E-state index in [-0.39, 0.29) is 0 Å². The van der Waals surface area contributed by atoms with Crippen LogP contribution in [0.3, 0.4) is 0 Å². The summed E-state index contributed by atoms with van der Waals surface area (Å²) in [6.45, 7) is 6.44. The lowest BCUT2D eigenvalue weighted by molar-refractivity contribution is 0.0762. The number of likely N-dealkylation sites (tertiary alicyclic amines) is 1. The predicted molar refractivity (Wildman–Crippen MR) is 84.0 cm³/mol. The summed E-state index contributed by atoms with van der Waals surface area (Å²) in [5.74, 6) is 1.82. The van der Waals surface area contributed by atoms with E-state index < -0.39 is 0 Å². The summed E-state index contributed by atoms with van der Waals surface area (Å²) in [5.41, 5.74) is 7.29. The molecule has 1 aliphatic rings. The normalized spacial score (nSPS) is 25.4. The van der Waals surface area contributed by atoms with Crippen LogP contribution in [0.5, 0.6) is 5.75 Å². The molecule has 0 aromatic heterocycles. The summed E-state index contributed by atoms with van der Waals surface area (Å²) >= 11 is 0. The molecule has 1 fully saturated rings. The van der Waals surface area contributed by atoms with E-state index in [0.717, 1.165) is 24.8 Å². The molecule has 3 nitrogen and oxygen atoms in total. The molecule has 1 aromatic carbocycles. The molecule has 0 radical (unpaired) electrons. The smallest absolute Gasteiger partial charge is 0.123 e. The number of rotatable bonds is 5. The SMILES string of the molecule is CCC1CCN(C(C)c2ccccc2OC)C(CN)C1. The first kappa shape index (κ1) is 15.3. The van der Waals surface area contributed by atoms with Crippen LogP contribution < -0.4 is 10.5 Å². The minimum atomic E-state index is 0.359. The lowest BCUT2D eigenvalue weighted by Gasteiger charge is -2.42. The van der Waals surface area contributed by atoms with Crippen molar-refractivity contribution in [3.8, 4) is 5.75 Å².